The average molecular weight is 1160 g/mol. The van der Waals surface area contributed by atoms with Crippen LogP contribution in [0.1, 0.15) is 96.8 Å². The summed E-state index contributed by atoms with van der Waals surface area (Å²) in [6.45, 7) is 19.8. The second-order valence-electron chi connectivity index (χ2n) is 26.0. The lowest BCUT2D eigenvalue weighted by atomic mass is 9.78. The molecule has 0 N–H and O–H groups in total. The number of rotatable bonds is 8. The molecule has 1 aliphatic rings. The van der Waals surface area contributed by atoms with Crippen LogP contribution in [0.5, 0.6) is 11.5 Å². The third-order valence-electron chi connectivity index (χ3n) is 17.1. The van der Waals surface area contributed by atoms with Crippen LogP contribution in [0.15, 0.2) is 261 Å². The normalized spacial score (nSPS) is 14.4. The molecule has 15 rings (SSSR count). The second-order valence-corrected chi connectivity index (χ2v) is 26.0. The second kappa shape index (κ2) is 21.2. The number of aromatic nitrogens is 4. The molecule has 0 bridgehead atoms. The Morgan fingerprint density at radius 3 is 1.66 bits per heavy atom. The Hall–Kier alpha value is -10.4. The van der Waals surface area contributed by atoms with E-state index in [1.165, 1.54) is 0 Å². The summed E-state index contributed by atoms with van der Waals surface area (Å²) in [5, 5.41) is 2.15. The molecule has 14 aromatic rings. The molecule has 0 fully saturated rings. The Kier molecular flexibility index (Phi) is 10.1. The van der Waals surface area contributed by atoms with Crippen LogP contribution in [0.3, 0.4) is 0 Å². The molecule has 5 nitrogen and oxygen atoms in total. The molecule has 0 aliphatic carbocycles. The van der Waals surface area contributed by atoms with Crippen LogP contribution < -0.4 is 9.30 Å². The lowest BCUT2D eigenvalue weighted by Gasteiger charge is -2.27. The summed E-state index contributed by atoms with van der Waals surface area (Å²) in [5.74, 6) is 2.01. The summed E-state index contributed by atoms with van der Waals surface area (Å²) < 4.78 is 133. The Morgan fingerprint density at radius 1 is 0.404 bits per heavy atom. The van der Waals surface area contributed by atoms with Gasteiger partial charge in [-0.1, -0.05) is 238 Å². The summed E-state index contributed by atoms with van der Waals surface area (Å²) in [4.78, 5) is 4.92. The summed E-state index contributed by atoms with van der Waals surface area (Å²) in [5.41, 5.74) is 12.3. The van der Waals surface area contributed by atoms with Crippen molar-refractivity contribution >= 4 is 32.8 Å². The highest BCUT2D eigenvalue weighted by Gasteiger charge is 2.29. The molecule has 0 saturated heterocycles. The van der Waals surface area contributed by atoms with Crippen molar-refractivity contribution in [3.63, 3.8) is 0 Å². The molecule has 0 radical (unpaired) electrons. The van der Waals surface area contributed by atoms with E-state index in [9.17, 15) is 9.60 Å². The molecule has 0 saturated carbocycles. The first kappa shape index (κ1) is 42.5. The zero-order valence-corrected chi connectivity index (χ0v) is 51.0. The molecule has 0 atom stereocenters. The van der Waals surface area contributed by atoms with Gasteiger partial charge in [0.25, 0.3) is 6.33 Å². The number of para-hydroxylation sites is 3. The van der Waals surface area contributed by atoms with Crippen molar-refractivity contribution in [3.05, 3.63) is 284 Å². The van der Waals surface area contributed by atoms with Gasteiger partial charge in [0.2, 0.25) is 0 Å². The first-order valence-corrected chi connectivity index (χ1v) is 30.0. The number of imidazole rings is 1. The van der Waals surface area contributed by atoms with Crippen LogP contribution in [0, 0.1) is 6.33 Å². The molecular formula is C84H70N4O. The number of hydrogen-bond donors (Lipinski definition) is 0. The van der Waals surface area contributed by atoms with E-state index in [0.29, 0.717) is 22.6 Å². The SMILES string of the molecule is [2H]c1c([2H])c([2H])c(-c2c([2H])c(-c3ccc4c(c3)-c3cccc(-c5cc(C(C)(C)C)cc(C(C)(C)C)c5)c3-[n+]3[c-]n(-c5cccc(Oc6ccc7c8ccccc8n(-c8cc(C(C)(C)C)ccn8)c7c6)c5)c5cccc(c53)-c3ccccc3-4)c([2H])c(-c3c([2H])c([2H])c([2H])c([2H])c3[2H])c2[2H])c([2H])c1[2H]. The van der Waals surface area contributed by atoms with Gasteiger partial charge in [0.15, 0.2) is 0 Å². The van der Waals surface area contributed by atoms with Crippen molar-refractivity contribution in [2.24, 2.45) is 0 Å². The molecule has 1 aliphatic heterocycles. The van der Waals surface area contributed by atoms with E-state index in [2.05, 4.69) is 173 Å². The van der Waals surface area contributed by atoms with Crippen molar-refractivity contribution in [1.29, 1.82) is 0 Å². The minimum Gasteiger partial charge on any atom is -0.458 e. The Balaban J connectivity index is 0.995. The Labute approximate surface area is 540 Å². The predicted molar refractivity (Wildman–Crippen MR) is 370 cm³/mol. The number of hydrogen-bond acceptors (Lipinski definition) is 2. The molecule has 432 valence electrons. The molecule has 5 heteroatoms. The van der Waals surface area contributed by atoms with Crippen molar-refractivity contribution in [2.75, 3.05) is 0 Å². The van der Waals surface area contributed by atoms with Gasteiger partial charge in [0.1, 0.15) is 17.3 Å². The van der Waals surface area contributed by atoms with Crippen molar-refractivity contribution in [3.8, 4) is 107 Å². The molecule has 89 heavy (non-hydrogen) atoms. The van der Waals surface area contributed by atoms with Gasteiger partial charge < -0.3 is 4.74 Å². The summed E-state index contributed by atoms with van der Waals surface area (Å²) in [6, 6.07) is 50.4. The van der Waals surface area contributed by atoms with E-state index in [1.54, 1.807) is 6.07 Å². The fourth-order valence-electron chi connectivity index (χ4n) is 12.4. The third-order valence-corrected chi connectivity index (χ3v) is 17.1. The van der Waals surface area contributed by atoms with Gasteiger partial charge in [-0.3, -0.25) is 13.7 Å². The average Bonchev–Trinajstić information content (AvgIpc) is 1.65. The summed E-state index contributed by atoms with van der Waals surface area (Å²) >= 11 is 0. The lowest BCUT2D eigenvalue weighted by Crippen LogP contribution is -2.32. The summed E-state index contributed by atoms with van der Waals surface area (Å²) in [6.07, 6.45) is 5.80. The molecule has 0 unspecified atom stereocenters. The number of pyridine rings is 1. The van der Waals surface area contributed by atoms with Gasteiger partial charge in [-0.15, -0.1) is 0 Å². The first-order valence-electron chi connectivity index (χ1n) is 36.5. The van der Waals surface area contributed by atoms with Gasteiger partial charge in [-0.05, 0) is 184 Å². The zero-order chi connectivity index (χ0) is 72.2. The van der Waals surface area contributed by atoms with Crippen LogP contribution in [0.4, 0.5) is 0 Å². The van der Waals surface area contributed by atoms with Crippen LogP contribution in [-0.2, 0) is 16.2 Å². The quantitative estimate of drug-likeness (QED) is 0.112. The molecular weight excluding hydrogens is 1080 g/mol. The maximum atomic E-state index is 10.2. The zero-order valence-electron chi connectivity index (χ0n) is 64.0. The van der Waals surface area contributed by atoms with Crippen LogP contribution >= 0.6 is 0 Å². The van der Waals surface area contributed by atoms with Crippen molar-refractivity contribution in [1.82, 2.24) is 14.1 Å². The number of benzene rings is 11. The van der Waals surface area contributed by atoms with Crippen molar-refractivity contribution in [2.45, 2.75) is 78.6 Å². The molecule has 11 aromatic carbocycles. The summed E-state index contributed by atoms with van der Waals surface area (Å²) in [7, 11) is 0. The highest BCUT2D eigenvalue weighted by molar-refractivity contribution is 6.09. The van der Waals surface area contributed by atoms with Gasteiger partial charge in [0, 0.05) is 23.0 Å². The third kappa shape index (κ3) is 9.92. The van der Waals surface area contributed by atoms with Crippen LogP contribution in [0.2, 0.25) is 0 Å². The minimum atomic E-state index is -0.735. The molecule has 0 amide bonds. The van der Waals surface area contributed by atoms with Gasteiger partial charge in [-0.25, -0.2) is 4.98 Å². The smallest absolute Gasteiger partial charge is 0.269 e. The number of nitrogens with zero attached hydrogens (tertiary/aromatic N) is 4. The highest BCUT2D eigenvalue weighted by Crippen LogP contribution is 2.48. The first-order chi connectivity index (χ1) is 48.4. The monoisotopic (exact) mass is 1160 g/mol. The molecule has 3 aromatic heterocycles. The van der Waals surface area contributed by atoms with Gasteiger partial charge in [0.05, 0.1) is 51.3 Å². The van der Waals surface area contributed by atoms with Gasteiger partial charge in [-0.2, -0.15) is 0 Å². The predicted octanol–water partition coefficient (Wildman–Crippen LogP) is 21.9. The minimum absolute atomic E-state index is 0.108. The van der Waals surface area contributed by atoms with E-state index in [0.717, 1.165) is 100 Å². The molecule has 0 spiro atoms. The van der Waals surface area contributed by atoms with Crippen LogP contribution in [-0.4, -0.2) is 14.1 Å². The number of fused-ring (bicyclic) bond motifs is 10. The van der Waals surface area contributed by atoms with Crippen molar-refractivity contribution < 1.29 is 27.1 Å². The van der Waals surface area contributed by atoms with Crippen LogP contribution in [0.25, 0.3) is 128 Å². The fourth-order valence-corrected chi connectivity index (χ4v) is 12.4. The Morgan fingerprint density at radius 2 is 0.966 bits per heavy atom. The van der Waals surface area contributed by atoms with E-state index in [1.807, 2.05) is 85.1 Å². The lowest BCUT2D eigenvalue weighted by molar-refractivity contribution is -0.570. The maximum Gasteiger partial charge on any atom is 0.269 e. The van der Waals surface area contributed by atoms with E-state index >= 15 is 0 Å². The molecule has 4 heterocycles. The van der Waals surface area contributed by atoms with E-state index in [4.69, 9.17) is 17.9 Å². The van der Waals surface area contributed by atoms with E-state index < -0.39 is 101 Å². The standard InChI is InChI=1S/C84H70N4O/c1-82(2,3)61-41-42-85-79(50-61)88-76-35-19-18-31-71(76)72-40-38-66(52-78(72)88)89-65-28-20-27-64(51-65)86-53-87-80-67(60-46-62(83(4,5)6)49-63(47-60)84(7,8)9)32-21-33-74(80)75-48-56(37-39-70(75)68-29-16-17-30-69(68)73-34-22-36-77(86)81(73)87)59-44-57(54-23-12-10-13-24-54)43-58(45-59)55-25-14-11-15-26-55/h10-52H,1-9H3/i10D,11D,12D,13D,14D,15D,23D,24D,25D,26D,43D,44D,45D. The highest BCUT2D eigenvalue weighted by atomic mass is 16.5. The fraction of sp³-hybridized carbons (Fsp3) is 0.143. The maximum absolute atomic E-state index is 10.2. The Bertz CT molecular complexity index is 5740. The topological polar surface area (TPSA) is 35.9 Å². The largest absolute Gasteiger partial charge is 0.458 e. The van der Waals surface area contributed by atoms with Gasteiger partial charge >= 0.3 is 0 Å². The number of ether oxygens (including phenoxy) is 1. The van der Waals surface area contributed by atoms with E-state index in [-0.39, 0.29) is 27.4 Å².